The van der Waals surface area contributed by atoms with Crippen molar-refractivity contribution >= 4 is 23.3 Å². The third kappa shape index (κ3) is 4.27. The van der Waals surface area contributed by atoms with Crippen molar-refractivity contribution in [1.29, 1.82) is 0 Å². The Morgan fingerprint density at radius 1 is 1.13 bits per heavy atom. The van der Waals surface area contributed by atoms with Crippen LogP contribution in [-0.2, 0) is 22.5 Å². The molecule has 158 valence electrons. The van der Waals surface area contributed by atoms with Crippen LogP contribution in [0.15, 0.2) is 30.3 Å². The van der Waals surface area contributed by atoms with Crippen LogP contribution in [0.5, 0.6) is 11.5 Å². The summed E-state index contributed by atoms with van der Waals surface area (Å²) in [5, 5.41) is 11.0. The number of fused-ring (bicyclic) bond motifs is 1. The third-order valence-electron chi connectivity index (χ3n) is 4.86. The van der Waals surface area contributed by atoms with Gasteiger partial charge in [0.1, 0.15) is 5.69 Å². The second kappa shape index (κ2) is 8.68. The molecule has 10 heteroatoms. The molecule has 1 aliphatic rings. The Kier molecular flexibility index (Phi) is 6.05. The van der Waals surface area contributed by atoms with Gasteiger partial charge in [0.2, 0.25) is 0 Å². The summed E-state index contributed by atoms with van der Waals surface area (Å²) in [4.78, 5) is 36.5. The summed E-state index contributed by atoms with van der Waals surface area (Å²) in [6, 6.07) is 7.31. The van der Waals surface area contributed by atoms with Crippen molar-refractivity contribution in [3.8, 4) is 11.5 Å². The van der Waals surface area contributed by atoms with Crippen LogP contribution in [0.3, 0.4) is 0 Å². The van der Waals surface area contributed by atoms with Gasteiger partial charge < -0.3 is 24.8 Å². The van der Waals surface area contributed by atoms with Gasteiger partial charge >= 0.3 is 5.97 Å². The standard InChI is InChI=1S/C20H21N3O7/c1-28-17-8-12-5-6-22(10-14(12)9-18(17)29-2)19(24)11-30-20(25)13-3-4-15(21)16(7-13)23(26)27/h3-4,7-9H,5-6,10-11,21H2,1-2H3. The Hall–Kier alpha value is -3.82. The number of hydrogen-bond donors (Lipinski definition) is 1. The third-order valence-corrected chi connectivity index (χ3v) is 4.86. The zero-order valence-electron chi connectivity index (χ0n) is 16.5. The van der Waals surface area contributed by atoms with E-state index in [2.05, 4.69) is 0 Å². The molecule has 0 atom stereocenters. The Labute approximate surface area is 172 Å². The maximum atomic E-state index is 12.5. The molecular formula is C20H21N3O7. The van der Waals surface area contributed by atoms with E-state index in [0.717, 1.165) is 17.2 Å². The lowest BCUT2D eigenvalue weighted by Crippen LogP contribution is -2.38. The number of methoxy groups -OCH3 is 2. The highest BCUT2D eigenvalue weighted by molar-refractivity contribution is 5.92. The highest BCUT2D eigenvalue weighted by atomic mass is 16.6. The van der Waals surface area contributed by atoms with Crippen molar-refractivity contribution in [2.24, 2.45) is 0 Å². The molecule has 0 unspecified atom stereocenters. The van der Waals surface area contributed by atoms with E-state index in [1.165, 1.54) is 19.2 Å². The number of benzene rings is 2. The van der Waals surface area contributed by atoms with Crippen LogP contribution in [0, 0.1) is 10.1 Å². The molecule has 3 rings (SSSR count). The molecule has 2 aromatic carbocycles. The first-order chi connectivity index (χ1) is 14.3. The van der Waals surface area contributed by atoms with E-state index in [0.29, 0.717) is 31.0 Å². The first-order valence-electron chi connectivity index (χ1n) is 9.06. The summed E-state index contributed by atoms with van der Waals surface area (Å²) < 4.78 is 15.7. The fourth-order valence-electron chi connectivity index (χ4n) is 3.23. The van der Waals surface area contributed by atoms with Gasteiger partial charge in [-0.2, -0.15) is 0 Å². The second-order valence-electron chi connectivity index (χ2n) is 6.65. The van der Waals surface area contributed by atoms with Gasteiger partial charge in [-0.25, -0.2) is 4.79 Å². The van der Waals surface area contributed by atoms with Gasteiger partial charge in [-0.1, -0.05) is 0 Å². The van der Waals surface area contributed by atoms with Crippen molar-refractivity contribution in [2.45, 2.75) is 13.0 Å². The number of anilines is 1. The molecule has 0 spiro atoms. The fraction of sp³-hybridized carbons (Fsp3) is 0.300. The Morgan fingerprint density at radius 3 is 2.43 bits per heavy atom. The van der Waals surface area contributed by atoms with Gasteiger partial charge in [0.25, 0.3) is 11.6 Å². The Balaban J connectivity index is 1.64. The molecule has 0 fully saturated rings. The minimum absolute atomic E-state index is 0.0514. The fourth-order valence-corrected chi connectivity index (χ4v) is 3.23. The summed E-state index contributed by atoms with van der Waals surface area (Å²) in [5.41, 5.74) is 6.99. The van der Waals surface area contributed by atoms with Crippen LogP contribution < -0.4 is 15.2 Å². The number of amides is 1. The molecule has 1 aliphatic heterocycles. The molecule has 2 N–H and O–H groups in total. The average molecular weight is 415 g/mol. The SMILES string of the molecule is COc1cc2c(cc1OC)CN(C(=O)COC(=O)c1ccc(N)c([N+](=O)[O-])c1)CC2. The average Bonchev–Trinajstić information content (AvgIpc) is 2.75. The van der Waals surface area contributed by atoms with Crippen LogP contribution in [0.4, 0.5) is 11.4 Å². The lowest BCUT2D eigenvalue weighted by Gasteiger charge is -2.29. The summed E-state index contributed by atoms with van der Waals surface area (Å²) in [5.74, 6) is -0.00605. The van der Waals surface area contributed by atoms with E-state index < -0.39 is 23.2 Å². The lowest BCUT2D eigenvalue weighted by molar-refractivity contribution is -0.383. The summed E-state index contributed by atoms with van der Waals surface area (Å²) >= 11 is 0. The number of esters is 1. The van der Waals surface area contributed by atoms with Crippen LogP contribution >= 0.6 is 0 Å². The maximum Gasteiger partial charge on any atom is 0.338 e. The first kappa shape index (κ1) is 20.9. The number of nitrogens with two attached hydrogens (primary N) is 1. The number of carbonyl (C=O) groups excluding carboxylic acids is 2. The molecule has 10 nitrogen and oxygen atoms in total. The number of nitro benzene ring substituents is 1. The summed E-state index contributed by atoms with van der Waals surface area (Å²) in [6.07, 6.45) is 0.625. The number of nitro groups is 1. The van der Waals surface area contributed by atoms with E-state index in [9.17, 15) is 19.7 Å². The number of hydrogen-bond acceptors (Lipinski definition) is 8. The maximum absolute atomic E-state index is 12.5. The molecule has 0 saturated carbocycles. The molecule has 1 heterocycles. The topological polar surface area (TPSA) is 134 Å². The van der Waals surface area contributed by atoms with Gasteiger partial charge in [-0.05, 0) is 41.8 Å². The quantitative estimate of drug-likeness (QED) is 0.327. The Morgan fingerprint density at radius 2 is 1.80 bits per heavy atom. The molecule has 0 bridgehead atoms. The van der Waals surface area contributed by atoms with E-state index in [-0.39, 0.29) is 17.2 Å². The normalized spacial score (nSPS) is 12.7. The van der Waals surface area contributed by atoms with Crippen molar-refractivity contribution < 1.29 is 28.7 Å². The molecular weight excluding hydrogens is 394 g/mol. The Bertz CT molecular complexity index is 1010. The van der Waals surface area contributed by atoms with Gasteiger partial charge in [-0.15, -0.1) is 0 Å². The number of carbonyl (C=O) groups is 2. The molecule has 0 saturated heterocycles. The van der Waals surface area contributed by atoms with Crippen LogP contribution in [0.2, 0.25) is 0 Å². The largest absolute Gasteiger partial charge is 0.493 e. The van der Waals surface area contributed by atoms with Crippen molar-refractivity contribution in [1.82, 2.24) is 4.90 Å². The van der Waals surface area contributed by atoms with Gasteiger partial charge in [0, 0.05) is 19.2 Å². The number of rotatable bonds is 6. The van der Waals surface area contributed by atoms with E-state index in [1.807, 2.05) is 12.1 Å². The van der Waals surface area contributed by atoms with Crippen LogP contribution in [0.1, 0.15) is 21.5 Å². The highest BCUT2D eigenvalue weighted by Gasteiger charge is 2.24. The molecule has 0 aliphatic carbocycles. The number of nitrogens with zero attached hydrogens (tertiary/aromatic N) is 2. The smallest absolute Gasteiger partial charge is 0.338 e. The predicted molar refractivity (Wildman–Crippen MR) is 106 cm³/mol. The zero-order valence-corrected chi connectivity index (χ0v) is 16.5. The van der Waals surface area contributed by atoms with E-state index >= 15 is 0 Å². The van der Waals surface area contributed by atoms with Gasteiger partial charge in [0.05, 0.1) is 24.7 Å². The molecule has 2 aromatic rings. The lowest BCUT2D eigenvalue weighted by atomic mass is 9.99. The monoisotopic (exact) mass is 415 g/mol. The van der Waals surface area contributed by atoms with Crippen LogP contribution in [-0.4, -0.2) is 49.1 Å². The summed E-state index contributed by atoms with van der Waals surface area (Å²) in [7, 11) is 3.10. The van der Waals surface area contributed by atoms with Crippen molar-refractivity contribution in [2.75, 3.05) is 33.1 Å². The van der Waals surface area contributed by atoms with Gasteiger partial charge in [0.15, 0.2) is 18.1 Å². The van der Waals surface area contributed by atoms with Crippen molar-refractivity contribution in [3.05, 3.63) is 57.1 Å². The molecule has 0 aromatic heterocycles. The minimum atomic E-state index is -0.838. The highest BCUT2D eigenvalue weighted by Crippen LogP contribution is 2.33. The van der Waals surface area contributed by atoms with E-state index in [1.54, 1.807) is 12.0 Å². The molecule has 0 radical (unpaired) electrons. The molecule has 30 heavy (non-hydrogen) atoms. The molecule has 1 amide bonds. The predicted octanol–water partition coefficient (Wildman–Crippen LogP) is 1.94. The van der Waals surface area contributed by atoms with E-state index in [4.69, 9.17) is 19.9 Å². The first-order valence-corrected chi connectivity index (χ1v) is 9.06. The number of nitrogen functional groups attached to an aromatic ring is 1. The number of ether oxygens (including phenoxy) is 3. The second-order valence-corrected chi connectivity index (χ2v) is 6.65. The van der Waals surface area contributed by atoms with Gasteiger partial charge in [-0.3, -0.25) is 14.9 Å². The van der Waals surface area contributed by atoms with Crippen LogP contribution in [0.25, 0.3) is 0 Å². The van der Waals surface area contributed by atoms with Crippen molar-refractivity contribution in [3.63, 3.8) is 0 Å². The summed E-state index contributed by atoms with van der Waals surface area (Å²) in [6.45, 7) is 0.339. The zero-order chi connectivity index (χ0) is 21.8. The minimum Gasteiger partial charge on any atom is -0.493 e.